The van der Waals surface area contributed by atoms with Gasteiger partial charge in [-0.05, 0) is 29.4 Å². The van der Waals surface area contributed by atoms with Crippen molar-refractivity contribution in [3.05, 3.63) is 35.4 Å². The molecule has 1 aliphatic rings. The topological polar surface area (TPSA) is 32.3 Å². The summed E-state index contributed by atoms with van der Waals surface area (Å²) in [5, 5.41) is 3.53. The van der Waals surface area contributed by atoms with Gasteiger partial charge in [-0.2, -0.15) is 0 Å². The number of carbonyl (C=O) groups excluding carboxylic acids is 1. The van der Waals surface area contributed by atoms with Crippen molar-refractivity contribution in [3.63, 3.8) is 0 Å². The third-order valence-corrected chi connectivity index (χ3v) is 4.13. The molecule has 0 aliphatic carbocycles. The lowest BCUT2D eigenvalue weighted by molar-refractivity contribution is -0.131. The van der Waals surface area contributed by atoms with Crippen molar-refractivity contribution in [3.8, 4) is 0 Å². The summed E-state index contributed by atoms with van der Waals surface area (Å²) in [7, 11) is 0. The lowest BCUT2D eigenvalue weighted by atomic mass is 10.0. The van der Waals surface area contributed by atoms with E-state index in [1.807, 2.05) is 4.90 Å². The predicted molar refractivity (Wildman–Crippen MR) is 86.9 cm³/mol. The zero-order valence-corrected chi connectivity index (χ0v) is 13.9. The van der Waals surface area contributed by atoms with Gasteiger partial charge in [0, 0.05) is 6.54 Å². The first kappa shape index (κ1) is 16.0. The van der Waals surface area contributed by atoms with Crippen molar-refractivity contribution in [2.45, 2.75) is 53.2 Å². The van der Waals surface area contributed by atoms with Crippen molar-refractivity contribution in [1.29, 1.82) is 0 Å². The summed E-state index contributed by atoms with van der Waals surface area (Å²) < 4.78 is 0. The first-order chi connectivity index (χ1) is 9.93. The average molecular weight is 288 g/mol. The molecule has 3 nitrogen and oxygen atoms in total. The van der Waals surface area contributed by atoms with Gasteiger partial charge in [-0.15, -0.1) is 0 Å². The van der Waals surface area contributed by atoms with Crippen LogP contribution in [-0.2, 0) is 11.2 Å². The van der Waals surface area contributed by atoms with Crippen molar-refractivity contribution in [2.75, 3.05) is 6.54 Å². The van der Waals surface area contributed by atoms with E-state index in [1.165, 1.54) is 11.1 Å². The summed E-state index contributed by atoms with van der Waals surface area (Å²) in [4.78, 5) is 14.7. The quantitative estimate of drug-likeness (QED) is 0.901. The number of carbonyl (C=O) groups is 1. The highest BCUT2D eigenvalue weighted by molar-refractivity contribution is 5.84. The van der Waals surface area contributed by atoms with Crippen LogP contribution in [0.1, 0.15) is 51.9 Å². The van der Waals surface area contributed by atoms with Crippen molar-refractivity contribution in [1.82, 2.24) is 10.2 Å². The molecular weight excluding hydrogens is 260 g/mol. The molecule has 1 aromatic carbocycles. The molecule has 1 aliphatic heterocycles. The van der Waals surface area contributed by atoms with Crippen LogP contribution in [0.3, 0.4) is 0 Å². The van der Waals surface area contributed by atoms with E-state index >= 15 is 0 Å². The van der Waals surface area contributed by atoms with Gasteiger partial charge in [-0.3, -0.25) is 10.1 Å². The van der Waals surface area contributed by atoms with E-state index in [-0.39, 0.29) is 18.1 Å². The number of rotatable bonds is 5. The molecule has 0 bridgehead atoms. The van der Waals surface area contributed by atoms with E-state index < -0.39 is 0 Å². The standard InChI is InChI=1S/C18H28N2O/c1-6-14-7-9-15(10-8-14)17-19-16(13(4)5)18(21)20(17)11-12(2)3/h7-10,12-13,16-17,19H,6,11H2,1-5H3. The summed E-state index contributed by atoms with van der Waals surface area (Å²) in [6.07, 6.45) is 1.06. The molecule has 1 heterocycles. The molecule has 2 unspecified atom stereocenters. The summed E-state index contributed by atoms with van der Waals surface area (Å²) in [6.45, 7) is 11.5. The van der Waals surface area contributed by atoms with Gasteiger partial charge in [-0.25, -0.2) is 0 Å². The SMILES string of the molecule is CCc1ccc(C2NC(C(C)C)C(=O)N2CC(C)C)cc1. The lowest BCUT2D eigenvalue weighted by Gasteiger charge is -2.26. The highest BCUT2D eigenvalue weighted by Gasteiger charge is 2.40. The lowest BCUT2D eigenvalue weighted by Crippen LogP contribution is -2.36. The van der Waals surface area contributed by atoms with Gasteiger partial charge in [0.2, 0.25) is 5.91 Å². The molecule has 116 valence electrons. The van der Waals surface area contributed by atoms with E-state index in [9.17, 15) is 4.79 Å². The Bertz CT molecular complexity index is 478. The van der Waals surface area contributed by atoms with E-state index in [0.29, 0.717) is 11.8 Å². The molecule has 1 saturated heterocycles. The fourth-order valence-corrected chi connectivity index (χ4v) is 2.92. The number of hydrogen-bond acceptors (Lipinski definition) is 2. The van der Waals surface area contributed by atoms with Crippen LogP contribution < -0.4 is 5.32 Å². The summed E-state index contributed by atoms with van der Waals surface area (Å²) >= 11 is 0. The number of nitrogens with one attached hydrogen (secondary N) is 1. The van der Waals surface area contributed by atoms with Gasteiger partial charge in [-0.1, -0.05) is 58.9 Å². The Morgan fingerprint density at radius 2 is 1.76 bits per heavy atom. The summed E-state index contributed by atoms with van der Waals surface area (Å²) in [6, 6.07) is 8.56. The summed E-state index contributed by atoms with van der Waals surface area (Å²) in [5.41, 5.74) is 2.52. The molecular formula is C18H28N2O. The van der Waals surface area contributed by atoms with Crippen LogP contribution in [0, 0.1) is 11.8 Å². The van der Waals surface area contributed by atoms with Crippen LogP contribution in [-0.4, -0.2) is 23.4 Å². The minimum absolute atomic E-state index is 0.0122. The third-order valence-electron chi connectivity index (χ3n) is 4.13. The molecule has 21 heavy (non-hydrogen) atoms. The minimum atomic E-state index is -0.0698. The Labute approximate surface area is 128 Å². The minimum Gasteiger partial charge on any atom is -0.321 e. The molecule has 1 fully saturated rings. The Morgan fingerprint density at radius 3 is 2.24 bits per heavy atom. The molecule has 1 aromatic rings. The van der Waals surface area contributed by atoms with E-state index in [4.69, 9.17) is 0 Å². The Balaban J connectivity index is 2.27. The fourth-order valence-electron chi connectivity index (χ4n) is 2.92. The summed E-state index contributed by atoms with van der Waals surface area (Å²) in [5.74, 6) is 1.02. The van der Waals surface area contributed by atoms with Gasteiger partial charge in [0.15, 0.2) is 0 Å². The number of hydrogen-bond donors (Lipinski definition) is 1. The van der Waals surface area contributed by atoms with Gasteiger partial charge in [0.25, 0.3) is 0 Å². The van der Waals surface area contributed by atoms with E-state index in [2.05, 4.69) is 64.2 Å². The molecule has 3 heteroatoms. The molecule has 1 N–H and O–H groups in total. The normalized spacial score (nSPS) is 22.6. The van der Waals surface area contributed by atoms with Crippen LogP contribution in [0.25, 0.3) is 0 Å². The largest absolute Gasteiger partial charge is 0.321 e. The number of benzene rings is 1. The number of amides is 1. The third kappa shape index (κ3) is 3.46. The molecule has 0 radical (unpaired) electrons. The number of nitrogens with zero attached hydrogens (tertiary/aromatic N) is 1. The molecule has 1 amide bonds. The first-order valence-electron chi connectivity index (χ1n) is 8.09. The van der Waals surface area contributed by atoms with Crippen molar-refractivity contribution in [2.24, 2.45) is 11.8 Å². The molecule has 0 saturated carbocycles. The zero-order chi connectivity index (χ0) is 15.6. The Hall–Kier alpha value is -1.35. The van der Waals surface area contributed by atoms with Crippen LogP contribution in [0.2, 0.25) is 0 Å². The van der Waals surface area contributed by atoms with Gasteiger partial charge < -0.3 is 4.90 Å². The number of aryl methyl sites for hydroxylation is 1. The van der Waals surface area contributed by atoms with E-state index in [1.54, 1.807) is 0 Å². The predicted octanol–water partition coefficient (Wildman–Crippen LogP) is 3.36. The molecule has 0 spiro atoms. The van der Waals surface area contributed by atoms with Crippen LogP contribution >= 0.6 is 0 Å². The second-order valence-corrected chi connectivity index (χ2v) is 6.77. The van der Waals surface area contributed by atoms with Crippen molar-refractivity contribution >= 4 is 5.91 Å². The molecule has 2 rings (SSSR count). The smallest absolute Gasteiger partial charge is 0.241 e. The Kier molecular flexibility index (Phi) is 5.04. The van der Waals surface area contributed by atoms with Gasteiger partial charge in [0.05, 0.1) is 6.04 Å². The van der Waals surface area contributed by atoms with Gasteiger partial charge in [0.1, 0.15) is 6.17 Å². The molecule has 2 atom stereocenters. The zero-order valence-electron chi connectivity index (χ0n) is 13.9. The van der Waals surface area contributed by atoms with Gasteiger partial charge >= 0.3 is 0 Å². The van der Waals surface area contributed by atoms with E-state index in [0.717, 1.165) is 13.0 Å². The maximum absolute atomic E-state index is 12.7. The maximum Gasteiger partial charge on any atom is 0.241 e. The Morgan fingerprint density at radius 1 is 1.14 bits per heavy atom. The second kappa shape index (κ2) is 6.61. The monoisotopic (exact) mass is 288 g/mol. The van der Waals surface area contributed by atoms with Crippen LogP contribution in [0.5, 0.6) is 0 Å². The fraction of sp³-hybridized carbons (Fsp3) is 0.611. The highest BCUT2D eigenvalue weighted by atomic mass is 16.2. The molecule has 0 aromatic heterocycles. The highest BCUT2D eigenvalue weighted by Crippen LogP contribution is 2.29. The average Bonchev–Trinajstić information content (AvgIpc) is 2.76. The first-order valence-corrected chi connectivity index (χ1v) is 8.09. The van der Waals surface area contributed by atoms with Crippen LogP contribution in [0.4, 0.5) is 0 Å². The van der Waals surface area contributed by atoms with Crippen molar-refractivity contribution < 1.29 is 4.79 Å². The second-order valence-electron chi connectivity index (χ2n) is 6.77. The maximum atomic E-state index is 12.7. The van der Waals surface area contributed by atoms with Crippen LogP contribution in [0.15, 0.2) is 24.3 Å².